The molecule has 0 radical (unpaired) electrons. The average Bonchev–Trinajstić information content (AvgIpc) is 3.04. The highest BCUT2D eigenvalue weighted by atomic mass is 32.2. The number of hydrogen-bond donors (Lipinski definition) is 1. The number of benzene rings is 1. The number of nitrogens with zero attached hydrogens (tertiary/aromatic N) is 2. The molecular formula is C15H18FN3O3S. The van der Waals surface area contributed by atoms with Gasteiger partial charge in [0.15, 0.2) is 11.6 Å². The van der Waals surface area contributed by atoms with Crippen molar-refractivity contribution in [3.8, 4) is 5.75 Å². The quantitative estimate of drug-likeness (QED) is 0.914. The standard InChI is InChI=1S/C15H18FN3O3S/c1-17-23(20,21)10-4-6-19(9-10)14-3-5-18-13-8-12(16)15(22-2)7-11(13)14/h3,5,7-8,10,17H,4,6,9H2,1-2H3. The van der Waals surface area contributed by atoms with E-state index in [2.05, 4.69) is 9.71 Å². The lowest BCUT2D eigenvalue weighted by atomic mass is 10.1. The zero-order valence-electron chi connectivity index (χ0n) is 12.9. The summed E-state index contributed by atoms with van der Waals surface area (Å²) in [7, 11) is -0.471. The second kappa shape index (κ2) is 5.93. The summed E-state index contributed by atoms with van der Waals surface area (Å²) in [4.78, 5) is 6.17. The summed E-state index contributed by atoms with van der Waals surface area (Å²) in [5, 5.41) is 0.284. The normalized spacial score (nSPS) is 18.6. The monoisotopic (exact) mass is 339 g/mol. The molecule has 1 aliphatic rings. The highest BCUT2D eigenvalue weighted by Crippen LogP contribution is 2.33. The van der Waals surface area contributed by atoms with Gasteiger partial charge in [-0.05, 0) is 25.6 Å². The van der Waals surface area contributed by atoms with E-state index >= 15 is 0 Å². The van der Waals surface area contributed by atoms with Gasteiger partial charge in [0.05, 0.1) is 17.9 Å². The van der Waals surface area contributed by atoms with Crippen LogP contribution in [0.25, 0.3) is 10.9 Å². The van der Waals surface area contributed by atoms with Gasteiger partial charge in [0.2, 0.25) is 10.0 Å². The zero-order chi connectivity index (χ0) is 16.6. The van der Waals surface area contributed by atoms with Crippen LogP contribution in [0, 0.1) is 5.82 Å². The van der Waals surface area contributed by atoms with Crippen LogP contribution in [-0.4, -0.2) is 45.9 Å². The third kappa shape index (κ3) is 2.84. The highest BCUT2D eigenvalue weighted by Gasteiger charge is 2.32. The van der Waals surface area contributed by atoms with Gasteiger partial charge in [-0.1, -0.05) is 0 Å². The van der Waals surface area contributed by atoms with Crippen molar-refractivity contribution in [1.29, 1.82) is 0 Å². The number of methoxy groups -OCH3 is 1. The highest BCUT2D eigenvalue weighted by molar-refractivity contribution is 7.90. The number of halogens is 1. The molecule has 0 spiro atoms. The van der Waals surface area contributed by atoms with Crippen molar-refractivity contribution in [2.45, 2.75) is 11.7 Å². The lowest BCUT2D eigenvalue weighted by molar-refractivity contribution is 0.387. The lowest BCUT2D eigenvalue weighted by Gasteiger charge is -2.20. The average molecular weight is 339 g/mol. The molecule has 2 heterocycles. The Morgan fingerprint density at radius 3 is 2.91 bits per heavy atom. The van der Waals surface area contributed by atoms with Gasteiger partial charge in [-0.2, -0.15) is 0 Å². The number of anilines is 1. The van der Waals surface area contributed by atoms with Gasteiger partial charge < -0.3 is 9.64 Å². The second-order valence-electron chi connectivity index (χ2n) is 5.44. The first-order valence-electron chi connectivity index (χ1n) is 7.26. The predicted octanol–water partition coefficient (Wildman–Crippen LogP) is 1.51. The molecule has 0 amide bonds. The van der Waals surface area contributed by atoms with Gasteiger partial charge in [0.25, 0.3) is 0 Å². The molecular weight excluding hydrogens is 321 g/mol. The Bertz CT molecular complexity index is 841. The number of rotatable bonds is 4. The van der Waals surface area contributed by atoms with Crippen LogP contribution in [0.1, 0.15) is 6.42 Å². The smallest absolute Gasteiger partial charge is 0.216 e. The molecule has 1 atom stereocenters. The van der Waals surface area contributed by atoms with E-state index in [1.165, 1.54) is 20.2 Å². The maximum absolute atomic E-state index is 13.8. The van der Waals surface area contributed by atoms with Crippen LogP contribution in [0.4, 0.5) is 10.1 Å². The third-order valence-electron chi connectivity index (χ3n) is 4.20. The lowest BCUT2D eigenvalue weighted by Crippen LogP contribution is -2.34. The number of aromatic nitrogens is 1. The van der Waals surface area contributed by atoms with Crippen molar-refractivity contribution in [1.82, 2.24) is 9.71 Å². The molecule has 1 aliphatic heterocycles. The molecule has 1 aromatic carbocycles. The first-order valence-corrected chi connectivity index (χ1v) is 8.80. The number of sulfonamides is 1. The summed E-state index contributed by atoms with van der Waals surface area (Å²) >= 11 is 0. The number of hydrogen-bond acceptors (Lipinski definition) is 5. The second-order valence-corrected chi connectivity index (χ2v) is 7.60. The Kier molecular flexibility index (Phi) is 4.11. The molecule has 3 rings (SSSR count). The van der Waals surface area contributed by atoms with Crippen LogP contribution in [0.15, 0.2) is 24.4 Å². The van der Waals surface area contributed by atoms with E-state index in [1.54, 1.807) is 12.3 Å². The fourth-order valence-corrected chi connectivity index (χ4v) is 4.06. The number of nitrogens with one attached hydrogen (secondary N) is 1. The van der Waals surface area contributed by atoms with Crippen molar-refractivity contribution in [3.63, 3.8) is 0 Å². The summed E-state index contributed by atoms with van der Waals surface area (Å²) in [6, 6.07) is 4.75. The van der Waals surface area contributed by atoms with E-state index < -0.39 is 21.1 Å². The molecule has 1 fully saturated rings. The Labute approximate surface area is 134 Å². The van der Waals surface area contributed by atoms with E-state index in [0.29, 0.717) is 25.0 Å². The number of ether oxygens (including phenoxy) is 1. The Hall–Kier alpha value is -1.93. The SMILES string of the molecule is CNS(=O)(=O)C1CCN(c2ccnc3cc(F)c(OC)cc23)C1. The van der Waals surface area contributed by atoms with Gasteiger partial charge in [0, 0.05) is 36.4 Å². The minimum absolute atomic E-state index is 0.144. The zero-order valence-corrected chi connectivity index (χ0v) is 13.7. The van der Waals surface area contributed by atoms with E-state index in [1.807, 2.05) is 11.0 Å². The molecule has 2 aromatic rings. The van der Waals surface area contributed by atoms with Gasteiger partial charge in [-0.15, -0.1) is 0 Å². The molecule has 1 aromatic heterocycles. The fraction of sp³-hybridized carbons (Fsp3) is 0.400. The largest absolute Gasteiger partial charge is 0.494 e. The molecule has 124 valence electrons. The van der Waals surface area contributed by atoms with E-state index in [-0.39, 0.29) is 5.75 Å². The van der Waals surface area contributed by atoms with Crippen LogP contribution in [0.5, 0.6) is 5.75 Å². The van der Waals surface area contributed by atoms with Crippen molar-refractivity contribution in [2.75, 3.05) is 32.1 Å². The van der Waals surface area contributed by atoms with Crippen LogP contribution < -0.4 is 14.4 Å². The van der Waals surface area contributed by atoms with Gasteiger partial charge in [-0.25, -0.2) is 17.5 Å². The van der Waals surface area contributed by atoms with Crippen molar-refractivity contribution < 1.29 is 17.5 Å². The predicted molar refractivity (Wildman–Crippen MR) is 86.9 cm³/mol. The summed E-state index contributed by atoms with van der Waals surface area (Å²) in [5.41, 5.74) is 1.35. The van der Waals surface area contributed by atoms with Gasteiger partial charge in [-0.3, -0.25) is 4.98 Å². The molecule has 0 bridgehead atoms. The van der Waals surface area contributed by atoms with Crippen LogP contribution in [0.2, 0.25) is 0 Å². The van der Waals surface area contributed by atoms with Gasteiger partial charge >= 0.3 is 0 Å². The first-order chi connectivity index (χ1) is 11.0. The molecule has 8 heteroatoms. The van der Waals surface area contributed by atoms with Crippen molar-refractivity contribution >= 4 is 26.6 Å². The van der Waals surface area contributed by atoms with Crippen molar-refractivity contribution in [2.24, 2.45) is 0 Å². The first kappa shape index (κ1) is 15.9. The number of fused-ring (bicyclic) bond motifs is 1. The Morgan fingerprint density at radius 2 is 2.22 bits per heavy atom. The van der Waals surface area contributed by atoms with Crippen LogP contribution in [0.3, 0.4) is 0 Å². The molecule has 1 N–H and O–H groups in total. The molecule has 23 heavy (non-hydrogen) atoms. The molecule has 6 nitrogen and oxygen atoms in total. The molecule has 1 unspecified atom stereocenters. The summed E-state index contributed by atoms with van der Waals surface area (Å²) < 4.78 is 45.2. The number of pyridine rings is 1. The fourth-order valence-electron chi connectivity index (χ4n) is 2.93. The molecule has 1 saturated heterocycles. The Morgan fingerprint density at radius 1 is 1.43 bits per heavy atom. The van der Waals surface area contributed by atoms with E-state index in [4.69, 9.17) is 4.74 Å². The maximum atomic E-state index is 13.8. The minimum Gasteiger partial charge on any atom is -0.494 e. The van der Waals surface area contributed by atoms with Gasteiger partial charge in [0.1, 0.15) is 0 Å². The van der Waals surface area contributed by atoms with E-state index in [0.717, 1.165) is 11.1 Å². The molecule has 0 aliphatic carbocycles. The Balaban J connectivity index is 2.01. The summed E-state index contributed by atoms with van der Waals surface area (Å²) in [5.74, 6) is -0.327. The van der Waals surface area contributed by atoms with E-state index in [9.17, 15) is 12.8 Å². The molecule has 0 saturated carbocycles. The van der Waals surface area contributed by atoms with Crippen LogP contribution in [-0.2, 0) is 10.0 Å². The summed E-state index contributed by atoms with van der Waals surface area (Å²) in [6.07, 6.45) is 2.15. The van der Waals surface area contributed by atoms with Crippen LogP contribution >= 0.6 is 0 Å². The maximum Gasteiger partial charge on any atom is 0.216 e. The summed E-state index contributed by atoms with van der Waals surface area (Å²) in [6.45, 7) is 1.01. The third-order valence-corrected chi connectivity index (χ3v) is 6.03. The topological polar surface area (TPSA) is 71.5 Å². The van der Waals surface area contributed by atoms with Crippen molar-refractivity contribution in [3.05, 3.63) is 30.2 Å². The minimum atomic E-state index is -3.30.